The van der Waals surface area contributed by atoms with Crippen molar-refractivity contribution < 1.29 is 4.74 Å². The molecule has 1 unspecified atom stereocenters. The molecule has 112 valence electrons. The third-order valence-corrected chi connectivity index (χ3v) is 3.48. The van der Waals surface area contributed by atoms with Crippen molar-refractivity contribution in [2.24, 2.45) is 7.05 Å². The highest BCUT2D eigenvalue weighted by molar-refractivity contribution is 5.29. The number of nitrogens with zero attached hydrogens (tertiary/aromatic N) is 2. The first-order valence-electron chi connectivity index (χ1n) is 6.64. The van der Waals surface area contributed by atoms with Crippen LogP contribution in [0, 0.1) is 0 Å². The van der Waals surface area contributed by atoms with Crippen LogP contribution in [0.2, 0.25) is 0 Å². The molecule has 0 fully saturated rings. The summed E-state index contributed by atoms with van der Waals surface area (Å²) in [5.74, 6) is 0.777. The highest BCUT2D eigenvalue weighted by Crippen LogP contribution is 2.18. The molecule has 6 nitrogen and oxygen atoms in total. The monoisotopic (exact) mass is 289 g/mol. The van der Waals surface area contributed by atoms with Crippen LogP contribution >= 0.6 is 0 Å². The lowest BCUT2D eigenvalue weighted by molar-refractivity contribution is 0.414. The van der Waals surface area contributed by atoms with Crippen LogP contribution in [-0.4, -0.2) is 23.3 Å². The Morgan fingerprint density at radius 2 is 1.81 bits per heavy atom. The number of nitrogens with one attached hydrogen (secondary N) is 1. The Bertz CT molecular complexity index is 716. The molecule has 0 aliphatic heterocycles. The van der Waals surface area contributed by atoms with Gasteiger partial charge in [-0.1, -0.05) is 12.1 Å². The largest absolute Gasteiger partial charge is 0.497 e. The van der Waals surface area contributed by atoms with E-state index in [9.17, 15) is 9.59 Å². The average molecular weight is 289 g/mol. The molecule has 1 N–H and O–H groups in total. The summed E-state index contributed by atoms with van der Waals surface area (Å²) in [7, 11) is 5.00. The molecule has 1 aromatic carbocycles. The van der Waals surface area contributed by atoms with Gasteiger partial charge in [-0.05, 0) is 24.7 Å². The van der Waals surface area contributed by atoms with E-state index in [1.165, 1.54) is 9.13 Å². The van der Waals surface area contributed by atoms with Crippen molar-refractivity contribution in [3.8, 4) is 5.75 Å². The van der Waals surface area contributed by atoms with Gasteiger partial charge < -0.3 is 19.2 Å². The molecule has 21 heavy (non-hydrogen) atoms. The summed E-state index contributed by atoms with van der Waals surface area (Å²) >= 11 is 0. The quantitative estimate of drug-likeness (QED) is 0.815. The summed E-state index contributed by atoms with van der Waals surface area (Å²) in [4.78, 5) is 23.6. The molecule has 1 atom stereocenters. The summed E-state index contributed by atoms with van der Waals surface area (Å²) in [6, 6.07) is 7.54. The standard InChI is InChI=1S/C15H19N3O3/c1-16-13(11-4-6-12(21-3)7-5-11)10-18-9-8-17(2)14(19)15(18)20/h4-9,13,16H,10H2,1-3H3. The van der Waals surface area contributed by atoms with Gasteiger partial charge in [-0.15, -0.1) is 0 Å². The van der Waals surface area contributed by atoms with Crippen molar-refractivity contribution in [1.82, 2.24) is 14.5 Å². The number of likely N-dealkylation sites (N-methyl/N-ethyl adjacent to an activating group) is 1. The zero-order valence-electron chi connectivity index (χ0n) is 12.4. The van der Waals surface area contributed by atoms with E-state index in [0.29, 0.717) is 6.54 Å². The van der Waals surface area contributed by atoms with Gasteiger partial charge in [0.05, 0.1) is 13.2 Å². The van der Waals surface area contributed by atoms with Crippen molar-refractivity contribution >= 4 is 0 Å². The first kappa shape index (κ1) is 15.1. The molecule has 0 radical (unpaired) electrons. The minimum atomic E-state index is -0.526. The first-order chi connectivity index (χ1) is 10.1. The molecule has 0 saturated carbocycles. The Morgan fingerprint density at radius 3 is 2.38 bits per heavy atom. The normalized spacial score (nSPS) is 12.1. The summed E-state index contributed by atoms with van der Waals surface area (Å²) in [6.45, 7) is 0.387. The van der Waals surface area contributed by atoms with Gasteiger partial charge >= 0.3 is 11.1 Å². The molecule has 0 aliphatic rings. The van der Waals surface area contributed by atoms with E-state index in [0.717, 1.165) is 11.3 Å². The minimum Gasteiger partial charge on any atom is -0.497 e. The topological polar surface area (TPSA) is 65.3 Å². The summed E-state index contributed by atoms with van der Waals surface area (Å²) in [5, 5.41) is 3.16. The van der Waals surface area contributed by atoms with Gasteiger partial charge in [-0.25, -0.2) is 0 Å². The minimum absolute atomic E-state index is 0.0688. The summed E-state index contributed by atoms with van der Waals surface area (Å²) in [5.41, 5.74) is -0.0262. The molecule has 2 aromatic rings. The van der Waals surface area contributed by atoms with Crippen LogP contribution < -0.4 is 21.2 Å². The maximum atomic E-state index is 12.0. The van der Waals surface area contributed by atoms with Crippen LogP contribution in [0.25, 0.3) is 0 Å². The summed E-state index contributed by atoms with van der Waals surface area (Å²) < 4.78 is 7.83. The number of ether oxygens (including phenoxy) is 1. The second kappa shape index (κ2) is 6.41. The van der Waals surface area contributed by atoms with Crippen molar-refractivity contribution in [1.29, 1.82) is 0 Å². The fourth-order valence-electron chi connectivity index (χ4n) is 2.13. The SMILES string of the molecule is CNC(Cn1ccn(C)c(=O)c1=O)c1ccc(OC)cc1. The Kier molecular flexibility index (Phi) is 4.59. The highest BCUT2D eigenvalue weighted by atomic mass is 16.5. The predicted octanol–water partition coefficient (Wildman–Crippen LogP) is 0.516. The third-order valence-electron chi connectivity index (χ3n) is 3.48. The molecule has 6 heteroatoms. The molecule has 0 bridgehead atoms. The second-order valence-electron chi connectivity index (χ2n) is 4.79. The lowest BCUT2D eigenvalue weighted by Gasteiger charge is -2.18. The molecule has 2 rings (SSSR count). The Hall–Kier alpha value is -2.34. The molecule has 1 heterocycles. The van der Waals surface area contributed by atoms with Gasteiger partial charge in [-0.3, -0.25) is 9.59 Å². The van der Waals surface area contributed by atoms with E-state index in [2.05, 4.69) is 5.32 Å². The number of aryl methyl sites for hydroxylation is 1. The molecular weight excluding hydrogens is 270 g/mol. The van der Waals surface area contributed by atoms with E-state index in [4.69, 9.17) is 4.74 Å². The average Bonchev–Trinajstić information content (AvgIpc) is 2.52. The van der Waals surface area contributed by atoms with Crippen LogP contribution in [0.3, 0.4) is 0 Å². The van der Waals surface area contributed by atoms with Crippen molar-refractivity contribution in [2.45, 2.75) is 12.6 Å². The van der Waals surface area contributed by atoms with Gasteiger partial charge in [0.25, 0.3) is 0 Å². The number of methoxy groups -OCH3 is 1. The number of aromatic nitrogens is 2. The summed E-state index contributed by atoms with van der Waals surface area (Å²) in [6.07, 6.45) is 3.21. The zero-order valence-corrected chi connectivity index (χ0v) is 12.4. The molecule has 0 amide bonds. The van der Waals surface area contributed by atoms with Crippen LogP contribution in [-0.2, 0) is 13.6 Å². The van der Waals surface area contributed by atoms with Crippen molar-refractivity contribution in [2.75, 3.05) is 14.2 Å². The maximum Gasteiger partial charge on any atom is 0.316 e. The fraction of sp³-hybridized carbons (Fsp3) is 0.333. The smallest absolute Gasteiger partial charge is 0.316 e. The lowest BCUT2D eigenvalue weighted by atomic mass is 10.1. The maximum absolute atomic E-state index is 12.0. The lowest BCUT2D eigenvalue weighted by Crippen LogP contribution is -2.41. The van der Waals surface area contributed by atoms with Crippen LogP contribution in [0.4, 0.5) is 0 Å². The predicted molar refractivity (Wildman–Crippen MR) is 80.7 cm³/mol. The Labute approximate surface area is 122 Å². The van der Waals surface area contributed by atoms with E-state index >= 15 is 0 Å². The Balaban J connectivity index is 2.29. The third kappa shape index (κ3) is 3.22. The molecule has 0 spiro atoms. The van der Waals surface area contributed by atoms with Gasteiger partial charge in [0.15, 0.2) is 0 Å². The number of benzene rings is 1. The van der Waals surface area contributed by atoms with E-state index < -0.39 is 11.1 Å². The first-order valence-corrected chi connectivity index (χ1v) is 6.64. The number of hydrogen-bond donors (Lipinski definition) is 1. The Morgan fingerprint density at radius 1 is 1.14 bits per heavy atom. The number of hydrogen-bond acceptors (Lipinski definition) is 4. The van der Waals surface area contributed by atoms with Gasteiger partial charge in [-0.2, -0.15) is 0 Å². The van der Waals surface area contributed by atoms with E-state index in [1.54, 1.807) is 26.6 Å². The number of rotatable bonds is 5. The van der Waals surface area contributed by atoms with Gasteiger partial charge in [0.2, 0.25) is 0 Å². The van der Waals surface area contributed by atoms with Crippen LogP contribution in [0.15, 0.2) is 46.2 Å². The fourth-order valence-corrected chi connectivity index (χ4v) is 2.13. The van der Waals surface area contributed by atoms with E-state index in [-0.39, 0.29) is 6.04 Å². The molecule has 1 aromatic heterocycles. The highest BCUT2D eigenvalue weighted by Gasteiger charge is 2.12. The molecular formula is C15H19N3O3. The van der Waals surface area contributed by atoms with Crippen LogP contribution in [0.5, 0.6) is 5.75 Å². The van der Waals surface area contributed by atoms with Crippen molar-refractivity contribution in [3.05, 3.63) is 62.9 Å². The van der Waals surface area contributed by atoms with Crippen molar-refractivity contribution in [3.63, 3.8) is 0 Å². The molecule has 0 saturated heterocycles. The van der Waals surface area contributed by atoms with E-state index in [1.807, 2.05) is 31.3 Å². The zero-order chi connectivity index (χ0) is 15.4. The molecule has 0 aliphatic carbocycles. The van der Waals surface area contributed by atoms with Gasteiger partial charge in [0, 0.05) is 26.0 Å². The van der Waals surface area contributed by atoms with Crippen LogP contribution in [0.1, 0.15) is 11.6 Å². The second-order valence-corrected chi connectivity index (χ2v) is 4.79. The van der Waals surface area contributed by atoms with Gasteiger partial charge in [0.1, 0.15) is 5.75 Å².